The van der Waals surface area contributed by atoms with Crippen molar-refractivity contribution in [1.29, 1.82) is 0 Å². The van der Waals surface area contributed by atoms with Crippen LogP contribution in [0.1, 0.15) is 24.0 Å². The highest BCUT2D eigenvalue weighted by Gasteiger charge is 2.30. The van der Waals surface area contributed by atoms with Gasteiger partial charge in [-0.15, -0.1) is 0 Å². The molecule has 1 aromatic heterocycles. The Morgan fingerprint density at radius 2 is 2.12 bits per heavy atom. The van der Waals surface area contributed by atoms with Crippen LogP contribution in [0.5, 0.6) is 11.5 Å². The molecule has 24 heavy (non-hydrogen) atoms. The van der Waals surface area contributed by atoms with E-state index in [4.69, 9.17) is 14.1 Å². The summed E-state index contributed by atoms with van der Waals surface area (Å²) in [6.07, 6.45) is 4.30. The van der Waals surface area contributed by atoms with E-state index in [1.54, 1.807) is 7.11 Å². The highest BCUT2D eigenvalue weighted by Crippen LogP contribution is 2.37. The van der Waals surface area contributed by atoms with E-state index in [0.717, 1.165) is 33.8 Å². The van der Waals surface area contributed by atoms with Crippen LogP contribution in [-0.4, -0.2) is 37.4 Å². The molecule has 3 rings (SSSR count). The van der Waals surface area contributed by atoms with Crippen LogP contribution in [0.4, 0.5) is 0 Å². The maximum Gasteiger partial charge on any atom is 0.454 e. The SMILES string of the molecule is CCOc1cc(-c2cncc([C@H]3COB(O)C3)c2)c(C)cc1OC. The van der Waals surface area contributed by atoms with Crippen molar-refractivity contribution in [1.82, 2.24) is 4.98 Å². The zero-order valence-corrected chi connectivity index (χ0v) is 14.3. The lowest BCUT2D eigenvalue weighted by Crippen LogP contribution is -2.07. The minimum Gasteiger partial charge on any atom is -0.493 e. The number of aromatic nitrogens is 1. The molecule has 0 amide bonds. The van der Waals surface area contributed by atoms with Crippen LogP contribution in [-0.2, 0) is 4.65 Å². The summed E-state index contributed by atoms with van der Waals surface area (Å²) in [5.74, 6) is 1.64. The Morgan fingerprint density at radius 3 is 2.79 bits per heavy atom. The Bertz CT molecular complexity index is 722. The quantitative estimate of drug-likeness (QED) is 0.855. The van der Waals surface area contributed by atoms with Crippen LogP contribution >= 0.6 is 0 Å². The molecule has 1 aromatic carbocycles. The van der Waals surface area contributed by atoms with Crippen molar-refractivity contribution in [2.75, 3.05) is 20.3 Å². The van der Waals surface area contributed by atoms with Gasteiger partial charge in [-0.05, 0) is 55.1 Å². The Kier molecular flexibility index (Phi) is 5.07. The molecule has 0 unspecified atom stereocenters. The summed E-state index contributed by atoms with van der Waals surface area (Å²) in [6, 6.07) is 6.09. The van der Waals surface area contributed by atoms with Gasteiger partial charge in [-0.25, -0.2) is 0 Å². The summed E-state index contributed by atoms with van der Waals surface area (Å²) < 4.78 is 16.4. The molecule has 126 valence electrons. The van der Waals surface area contributed by atoms with E-state index < -0.39 is 7.12 Å². The second kappa shape index (κ2) is 7.24. The van der Waals surface area contributed by atoms with E-state index in [0.29, 0.717) is 19.5 Å². The number of benzene rings is 1. The fraction of sp³-hybridized carbons (Fsp3) is 0.389. The van der Waals surface area contributed by atoms with Crippen LogP contribution in [0.3, 0.4) is 0 Å². The highest BCUT2D eigenvalue weighted by molar-refractivity contribution is 6.43. The average molecular weight is 327 g/mol. The molecule has 1 aliphatic rings. The summed E-state index contributed by atoms with van der Waals surface area (Å²) >= 11 is 0. The van der Waals surface area contributed by atoms with Gasteiger partial charge >= 0.3 is 7.12 Å². The zero-order valence-electron chi connectivity index (χ0n) is 14.3. The summed E-state index contributed by atoms with van der Waals surface area (Å²) in [7, 11) is 0.968. The van der Waals surface area contributed by atoms with E-state index in [1.165, 1.54) is 0 Å². The molecule has 1 N–H and O–H groups in total. The van der Waals surface area contributed by atoms with Gasteiger partial charge in [0.1, 0.15) is 0 Å². The molecule has 0 radical (unpaired) electrons. The van der Waals surface area contributed by atoms with E-state index in [-0.39, 0.29) is 5.92 Å². The van der Waals surface area contributed by atoms with Crippen LogP contribution in [0.2, 0.25) is 6.32 Å². The lowest BCUT2D eigenvalue weighted by atomic mass is 9.79. The average Bonchev–Trinajstić information content (AvgIpc) is 3.03. The number of rotatable bonds is 5. The lowest BCUT2D eigenvalue weighted by molar-refractivity contribution is 0.292. The molecule has 6 heteroatoms. The number of aryl methyl sites for hydroxylation is 1. The Labute approximate surface area is 142 Å². The monoisotopic (exact) mass is 327 g/mol. The van der Waals surface area contributed by atoms with E-state index in [9.17, 15) is 5.02 Å². The summed E-state index contributed by atoms with van der Waals surface area (Å²) in [5, 5.41) is 9.57. The third kappa shape index (κ3) is 3.39. The maximum atomic E-state index is 9.57. The predicted molar refractivity (Wildman–Crippen MR) is 93.6 cm³/mol. The third-order valence-corrected chi connectivity index (χ3v) is 4.33. The molecule has 1 fully saturated rings. The molecule has 0 bridgehead atoms. The van der Waals surface area contributed by atoms with Gasteiger partial charge in [0, 0.05) is 30.5 Å². The van der Waals surface area contributed by atoms with Gasteiger partial charge in [0.15, 0.2) is 11.5 Å². The van der Waals surface area contributed by atoms with Gasteiger partial charge in [0.2, 0.25) is 0 Å². The molecule has 0 saturated carbocycles. The fourth-order valence-electron chi connectivity index (χ4n) is 3.07. The standard InChI is InChI=1S/C18H22BNO4/c1-4-23-18-7-16(12(2)5-17(18)22-3)14-6-13(9-20-10-14)15-8-19(21)24-11-15/h5-7,9-10,15,21H,4,8,11H2,1-3H3/t15-/m1/s1. The maximum absolute atomic E-state index is 9.57. The number of hydrogen-bond donors (Lipinski definition) is 1. The summed E-state index contributed by atoms with van der Waals surface area (Å²) in [5.41, 5.74) is 4.26. The smallest absolute Gasteiger partial charge is 0.454 e. The van der Waals surface area contributed by atoms with Crippen molar-refractivity contribution in [3.05, 3.63) is 41.7 Å². The first kappa shape index (κ1) is 16.8. The molecule has 1 aliphatic heterocycles. The van der Waals surface area contributed by atoms with Crippen LogP contribution in [0, 0.1) is 6.92 Å². The molecule has 0 spiro atoms. The van der Waals surface area contributed by atoms with Gasteiger partial charge in [-0.3, -0.25) is 4.98 Å². The summed E-state index contributed by atoms with van der Waals surface area (Å²) in [4.78, 5) is 4.38. The minimum atomic E-state index is -0.675. The molecule has 5 nitrogen and oxygen atoms in total. The van der Waals surface area contributed by atoms with Crippen molar-refractivity contribution >= 4 is 7.12 Å². The fourth-order valence-corrected chi connectivity index (χ4v) is 3.07. The number of pyridine rings is 1. The van der Waals surface area contributed by atoms with Crippen molar-refractivity contribution in [3.63, 3.8) is 0 Å². The topological polar surface area (TPSA) is 60.8 Å². The Hall–Kier alpha value is -2.05. The highest BCUT2D eigenvalue weighted by atomic mass is 16.5. The normalized spacial score (nSPS) is 17.2. The predicted octanol–water partition coefficient (Wildman–Crippen LogP) is 3.06. The van der Waals surface area contributed by atoms with Gasteiger partial charge in [0.25, 0.3) is 0 Å². The van der Waals surface area contributed by atoms with E-state index in [2.05, 4.69) is 11.1 Å². The first-order chi connectivity index (χ1) is 11.6. The Morgan fingerprint density at radius 1 is 1.29 bits per heavy atom. The van der Waals surface area contributed by atoms with Gasteiger partial charge in [-0.1, -0.05) is 0 Å². The largest absolute Gasteiger partial charge is 0.493 e. The Balaban J connectivity index is 1.98. The molecular weight excluding hydrogens is 305 g/mol. The number of nitrogens with zero attached hydrogens (tertiary/aromatic N) is 1. The number of methoxy groups -OCH3 is 1. The molecule has 2 aromatic rings. The molecule has 1 saturated heterocycles. The summed E-state index contributed by atoms with van der Waals surface area (Å²) in [6.45, 7) is 5.10. The van der Waals surface area contributed by atoms with Crippen LogP contribution < -0.4 is 9.47 Å². The van der Waals surface area contributed by atoms with E-state index >= 15 is 0 Å². The van der Waals surface area contributed by atoms with Gasteiger partial charge in [-0.2, -0.15) is 0 Å². The minimum absolute atomic E-state index is 0.178. The van der Waals surface area contributed by atoms with Crippen LogP contribution in [0.15, 0.2) is 30.6 Å². The second-order valence-corrected chi connectivity index (χ2v) is 5.98. The third-order valence-electron chi connectivity index (χ3n) is 4.33. The van der Waals surface area contributed by atoms with Crippen LogP contribution in [0.25, 0.3) is 11.1 Å². The first-order valence-corrected chi connectivity index (χ1v) is 8.18. The molecule has 2 heterocycles. The van der Waals surface area contributed by atoms with Gasteiger partial charge in [0.05, 0.1) is 13.7 Å². The van der Waals surface area contributed by atoms with Crippen molar-refractivity contribution in [2.45, 2.75) is 26.1 Å². The van der Waals surface area contributed by atoms with Gasteiger partial charge < -0.3 is 19.2 Å². The molecular formula is C18H22BNO4. The molecule has 1 atom stereocenters. The lowest BCUT2D eigenvalue weighted by Gasteiger charge is -2.15. The first-order valence-electron chi connectivity index (χ1n) is 8.18. The van der Waals surface area contributed by atoms with Crippen molar-refractivity contribution < 1.29 is 19.2 Å². The zero-order chi connectivity index (χ0) is 17.1. The van der Waals surface area contributed by atoms with Crippen molar-refractivity contribution in [2.24, 2.45) is 0 Å². The van der Waals surface area contributed by atoms with Crippen molar-refractivity contribution in [3.8, 4) is 22.6 Å². The molecule has 0 aliphatic carbocycles. The number of hydrogen-bond acceptors (Lipinski definition) is 5. The number of ether oxygens (including phenoxy) is 2. The van der Waals surface area contributed by atoms with E-state index in [1.807, 2.05) is 38.4 Å². The second-order valence-electron chi connectivity index (χ2n) is 5.98.